The molecule has 4 N–H and O–H groups in total. The molecule has 1 heterocycles. The fourth-order valence-corrected chi connectivity index (χ4v) is 6.37. The Bertz CT molecular complexity index is 1280. The van der Waals surface area contributed by atoms with E-state index >= 15 is 0 Å². The normalized spacial score (nSPS) is 23.0. The maximum Gasteiger partial charge on any atom is 0.217 e. The maximum absolute atomic E-state index is 13.8. The molecule has 2 aromatic carbocycles. The van der Waals surface area contributed by atoms with Crippen LogP contribution < -0.4 is 10.6 Å². The average molecular weight is 572 g/mol. The Balaban J connectivity index is 1.59. The van der Waals surface area contributed by atoms with Gasteiger partial charge in [0.25, 0.3) is 0 Å². The molecule has 216 valence electrons. The summed E-state index contributed by atoms with van der Waals surface area (Å²) in [5, 5.41) is 31.6. The molecule has 0 radical (unpaired) electrons. The van der Waals surface area contributed by atoms with Crippen molar-refractivity contribution < 1.29 is 23.8 Å². The summed E-state index contributed by atoms with van der Waals surface area (Å²) in [4.78, 5) is 16.3. The predicted molar refractivity (Wildman–Crippen MR) is 153 cm³/mol. The van der Waals surface area contributed by atoms with Crippen molar-refractivity contribution in [2.45, 2.75) is 88.5 Å². The minimum atomic E-state index is -1.04. The summed E-state index contributed by atoms with van der Waals surface area (Å²) in [7, 11) is 0. The molecule has 1 aliphatic carbocycles. The summed E-state index contributed by atoms with van der Waals surface area (Å²) in [5.74, 6) is -1.77. The fourth-order valence-electron chi connectivity index (χ4n) is 5.58. The molecule has 1 fully saturated rings. The summed E-state index contributed by atoms with van der Waals surface area (Å²) in [6.45, 7) is 7.94. The van der Waals surface area contributed by atoms with Crippen LogP contribution in [-0.4, -0.2) is 39.8 Å². The first-order valence-electron chi connectivity index (χ1n) is 13.7. The van der Waals surface area contributed by atoms with Gasteiger partial charge in [-0.2, -0.15) is 0 Å². The van der Waals surface area contributed by atoms with E-state index in [4.69, 9.17) is 0 Å². The molecule has 40 heavy (non-hydrogen) atoms. The highest BCUT2D eigenvalue weighted by molar-refractivity contribution is 7.09. The molecule has 1 amide bonds. The van der Waals surface area contributed by atoms with Gasteiger partial charge in [-0.15, -0.1) is 11.3 Å². The van der Waals surface area contributed by atoms with Crippen molar-refractivity contribution in [3.8, 4) is 0 Å². The van der Waals surface area contributed by atoms with Gasteiger partial charge in [0.15, 0.2) is 0 Å². The number of aliphatic hydroxyl groups excluding tert-OH is 1. The van der Waals surface area contributed by atoms with Crippen LogP contribution in [0.5, 0.6) is 0 Å². The largest absolute Gasteiger partial charge is 0.390 e. The third-order valence-corrected chi connectivity index (χ3v) is 8.89. The smallest absolute Gasteiger partial charge is 0.217 e. The van der Waals surface area contributed by atoms with Gasteiger partial charge in [-0.1, -0.05) is 45.0 Å². The Labute approximate surface area is 238 Å². The van der Waals surface area contributed by atoms with Gasteiger partial charge in [0.05, 0.1) is 12.1 Å². The molecule has 9 heteroatoms. The van der Waals surface area contributed by atoms with E-state index < -0.39 is 34.9 Å². The zero-order chi connectivity index (χ0) is 29.1. The number of rotatable bonds is 9. The number of nitrogens with one attached hydrogen (secondary N) is 2. The summed E-state index contributed by atoms with van der Waals surface area (Å²) in [6, 6.07) is 10.8. The van der Waals surface area contributed by atoms with Gasteiger partial charge in [-0.3, -0.25) is 4.79 Å². The topological polar surface area (TPSA) is 94.5 Å². The molecule has 4 rings (SSSR count). The number of benzene rings is 2. The predicted octanol–water partition coefficient (Wildman–Crippen LogP) is 5.07. The highest BCUT2D eigenvalue weighted by atomic mass is 32.1. The van der Waals surface area contributed by atoms with Gasteiger partial charge in [0, 0.05) is 36.7 Å². The molecule has 1 aliphatic rings. The Morgan fingerprint density at radius 1 is 1.10 bits per heavy atom. The van der Waals surface area contributed by atoms with Gasteiger partial charge in [-0.25, -0.2) is 13.8 Å². The molecule has 1 aromatic heterocycles. The second-order valence-corrected chi connectivity index (χ2v) is 12.9. The number of carbonyl (C=O) groups excluding carboxylic acids is 1. The summed E-state index contributed by atoms with van der Waals surface area (Å²) in [6.07, 6.45) is 2.90. The third kappa shape index (κ3) is 7.13. The number of thiazole rings is 1. The first kappa shape index (κ1) is 30.2. The number of hydrogen-bond donors (Lipinski definition) is 4. The van der Waals surface area contributed by atoms with Crippen LogP contribution in [0.25, 0.3) is 0 Å². The van der Waals surface area contributed by atoms with E-state index in [0.29, 0.717) is 36.3 Å². The van der Waals surface area contributed by atoms with E-state index in [0.717, 1.165) is 11.6 Å². The lowest BCUT2D eigenvalue weighted by atomic mass is 9.70. The minimum Gasteiger partial charge on any atom is -0.390 e. The van der Waals surface area contributed by atoms with E-state index in [1.54, 1.807) is 6.20 Å². The molecule has 1 saturated carbocycles. The molecule has 0 aliphatic heterocycles. The zero-order valence-corrected chi connectivity index (χ0v) is 24.3. The van der Waals surface area contributed by atoms with Crippen LogP contribution in [0.4, 0.5) is 8.78 Å². The Morgan fingerprint density at radius 3 is 2.35 bits per heavy atom. The zero-order valence-electron chi connectivity index (χ0n) is 23.5. The van der Waals surface area contributed by atoms with E-state index in [1.165, 1.54) is 36.0 Å². The lowest BCUT2D eigenvalue weighted by Crippen LogP contribution is -2.54. The van der Waals surface area contributed by atoms with Crippen LogP contribution >= 0.6 is 11.3 Å². The van der Waals surface area contributed by atoms with Gasteiger partial charge < -0.3 is 20.8 Å². The van der Waals surface area contributed by atoms with Crippen molar-refractivity contribution in [2.24, 2.45) is 0 Å². The summed E-state index contributed by atoms with van der Waals surface area (Å²) < 4.78 is 27.7. The van der Waals surface area contributed by atoms with Crippen molar-refractivity contribution >= 4 is 17.2 Å². The molecule has 6 nitrogen and oxygen atoms in total. The molecule has 2 unspecified atom stereocenters. The lowest BCUT2D eigenvalue weighted by molar-refractivity contribution is -0.120. The van der Waals surface area contributed by atoms with E-state index in [-0.39, 0.29) is 24.3 Å². The standard InChI is InChI=1S/C31H39F2N3O3S/c1-20(37)36-26(16-21-14-24(32)18-25(33)15-21)27(38)19-35-30(23-7-5-6-22(17-23)29(2,3)4)8-10-31(39,11-9-30)28-34-12-13-40-28/h5-7,12-15,17-18,26-27,35,38-39H,8-11,16,19H2,1-4H3,(H,36,37). The van der Waals surface area contributed by atoms with Crippen molar-refractivity contribution in [1.82, 2.24) is 15.6 Å². The van der Waals surface area contributed by atoms with Gasteiger partial charge in [-0.05, 0) is 66.3 Å². The van der Waals surface area contributed by atoms with Crippen molar-refractivity contribution in [3.63, 3.8) is 0 Å². The Morgan fingerprint density at radius 2 is 1.77 bits per heavy atom. The maximum atomic E-state index is 13.8. The molecule has 0 bridgehead atoms. The van der Waals surface area contributed by atoms with Crippen LogP contribution in [-0.2, 0) is 27.8 Å². The van der Waals surface area contributed by atoms with Crippen LogP contribution in [0.2, 0.25) is 0 Å². The average Bonchev–Trinajstić information content (AvgIpc) is 3.43. The molecule has 3 aromatic rings. The van der Waals surface area contributed by atoms with Crippen molar-refractivity contribution in [2.75, 3.05) is 6.54 Å². The molecule has 2 atom stereocenters. The summed E-state index contributed by atoms with van der Waals surface area (Å²) >= 11 is 1.45. The number of amides is 1. The number of hydrogen-bond acceptors (Lipinski definition) is 6. The SMILES string of the molecule is CC(=O)NC(Cc1cc(F)cc(F)c1)C(O)CNC1(c2cccc(C(C)(C)C)c2)CCC(O)(c2nccs2)CC1. The fraction of sp³-hybridized carbons (Fsp3) is 0.484. The van der Waals surface area contributed by atoms with Crippen molar-refractivity contribution in [3.05, 3.63) is 87.4 Å². The van der Waals surface area contributed by atoms with Crippen molar-refractivity contribution in [1.29, 1.82) is 0 Å². The van der Waals surface area contributed by atoms with Crippen LogP contribution in [0.15, 0.2) is 54.0 Å². The number of aromatic nitrogens is 1. The van der Waals surface area contributed by atoms with E-state index in [9.17, 15) is 23.8 Å². The highest BCUT2D eigenvalue weighted by Crippen LogP contribution is 2.46. The number of aliphatic hydroxyl groups is 2. The number of carbonyl (C=O) groups is 1. The molecular formula is C31H39F2N3O3S. The van der Waals surface area contributed by atoms with E-state index in [2.05, 4.69) is 54.6 Å². The van der Waals surface area contributed by atoms with Gasteiger partial charge in [0.2, 0.25) is 5.91 Å². The first-order chi connectivity index (χ1) is 18.8. The highest BCUT2D eigenvalue weighted by Gasteiger charge is 2.45. The van der Waals surface area contributed by atoms with Crippen LogP contribution in [0, 0.1) is 11.6 Å². The van der Waals surface area contributed by atoms with Crippen LogP contribution in [0.3, 0.4) is 0 Å². The minimum absolute atomic E-state index is 0.0629. The Hall–Kier alpha value is -2.72. The molecule has 0 spiro atoms. The monoisotopic (exact) mass is 571 g/mol. The second-order valence-electron chi connectivity index (χ2n) is 12.0. The number of nitrogens with zero attached hydrogens (tertiary/aromatic N) is 1. The van der Waals surface area contributed by atoms with Gasteiger partial charge in [0.1, 0.15) is 22.2 Å². The third-order valence-electron chi connectivity index (χ3n) is 7.92. The first-order valence-corrected chi connectivity index (χ1v) is 14.6. The lowest BCUT2D eigenvalue weighted by Gasteiger charge is -2.45. The van der Waals surface area contributed by atoms with E-state index in [1.807, 2.05) is 11.4 Å². The quantitative estimate of drug-likeness (QED) is 0.288. The second kappa shape index (κ2) is 12.0. The summed E-state index contributed by atoms with van der Waals surface area (Å²) in [5.41, 5.74) is 0.962. The van der Waals surface area contributed by atoms with Gasteiger partial charge >= 0.3 is 0 Å². The Kier molecular flexibility index (Phi) is 9.09. The molecule has 0 saturated heterocycles. The number of halogens is 2. The van der Waals surface area contributed by atoms with Crippen LogP contribution in [0.1, 0.15) is 75.1 Å². The molecular weight excluding hydrogens is 532 g/mol.